The van der Waals surface area contributed by atoms with Gasteiger partial charge < -0.3 is 5.73 Å². The Morgan fingerprint density at radius 3 is 2.30 bits per heavy atom. The second kappa shape index (κ2) is 3.18. The van der Waals surface area contributed by atoms with E-state index in [0.29, 0.717) is 4.91 Å². The Kier molecular flexibility index (Phi) is 3.08. The van der Waals surface area contributed by atoms with Crippen LogP contribution in [0.4, 0.5) is 0 Å². The third kappa shape index (κ3) is 1.59. The average molecular weight is 182 g/mol. The van der Waals surface area contributed by atoms with Crippen molar-refractivity contribution in [2.45, 2.75) is 0 Å². The molecule has 1 heterocycles. The number of halogens is 1. The van der Waals surface area contributed by atoms with E-state index in [4.69, 9.17) is 5.73 Å². The molecule has 0 atom stereocenters. The molecule has 0 aromatic carbocycles. The van der Waals surface area contributed by atoms with Crippen LogP contribution in [0.15, 0.2) is 22.5 Å². The van der Waals surface area contributed by atoms with Gasteiger partial charge in [-0.15, -0.1) is 12.4 Å². The molecule has 3 nitrogen and oxygen atoms in total. The van der Waals surface area contributed by atoms with E-state index in [1.807, 2.05) is 0 Å². The molecule has 0 spiro atoms. The molecule has 0 unspecified atom stereocenters. The first-order chi connectivity index (χ1) is 4.17. The maximum absolute atomic E-state index is 10.8. The lowest BCUT2D eigenvalue weighted by Crippen LogP contribution is -2.08. The average Bonchev–Trinajstić information content (AvgIpc) is 2.08. The van der Waals surface area contributed by atoms with Gasteiger partial charge in [0.05, 0.1) is 4.91 Å². The van der Waals surface area contributed by atoms with Gasteiger partial charge in [-0.3, -0.25) is 0 Å². The van der Waals surface area contributed by atoms with Gasteiger partial charge in [0, 0.05) is 12.0 Å². The van der Waals surface area contributed by atoms with E-state index in [2.05, 4.69) is 0 Å². The number of sulfone groups is 1. The maximum atomic E-state index is 10.8. The van der Waals surface area contributed by atoms with Gasteiger partial charge in [-0.1, -0.05) is 0 Å². The zero-order valence-corrected chi connectivity index (χ0v) is 6.78. The molecule has 0 aliphatic carbocycles. The van der Waals surface area contributed by atoms with Crippen LogP contribution in [0, 0.1) is 0 Å². The van der Waals surface area contributed by atoms with Crippen molar-refractivity contribution in [1.29, 1.82) is 0 Å². The summed E-state index contributed by atoms with van der Waals surface area (Å²) in [5, 5.41) is 1.15. The van der Waals surface area contributed by atoms with Crippen LogP contribution in [0.25, 0.3) is 0 Å². The summed E-state index contributed by atoms with van der Waals surface area (Å²) < 4.78 is 21.5. The smallest absolute Gasteiger partial charge is 0.197 e. The Morgan fingerprint density at radius 1 is 1.50 bits per heavy atom. The predicted octanol–water partition coefficient (Wildman–Crippen LogP) is 0.193. The molecule has 1 rings (SSSR count). The summed E-state index contributed by atoms with van der Waals surface area (Å²) >= 11 is 0. The molecule has 0 saturated heterocycles. The van der Waals surface area contributed by atoms with Gasteiger partial charge in [0.2, 0.25) is 0 Å². The molecule has 1 aliphatic rings. The molecular formula is C5H8ClNO2S. The molecule has 5 heteroatoms. The highest BCUT2D eigenvalue weighted by Crippen LogP contribution is 2.13. The topological polar surface area (TPSA) is 60.2 Å². The van der Waals surface area contributed by atoms with Crippen LogP contribution in [0.1, 0.15) is 0 Å². The van der Waals surface area contributed by atoms with Gasteiger partial charge in [0.15, 0.2) is 9.84 Å². The molecule has 10 heavy (non-hydrogen) atoms. The van der Waals surface area contributed by atoms with Crippen molar-refractivity contribution in [2.24, 2.45) is 5.73 Å². The molecule has 0 radical (unpaired) electrons. The number of allylic oxidation sites excluding steroid dienone is 2. The van der Waals surface area contributed by atoms with Crippen molar-refractivity contribution in [2.75, 3.05) is 6.54 Å². The largest absolute Gasteiger partial charge is 0.326 e. The highest BCUT2D eigenvalue weighted by atomic mass is 35.5. The number of hydrogen-bond acceptors (Lipinski definition) is 3. The monoisotopic (exact) mass is 181 g/mol. The summed E-state index contributed by atoms with van der Waals surface area (Å²) in [6.45, 7) is 0.0926. The molecule has 0 aromatic heterocycles. The second-order valence-corrected chi connectivity index (χ2v) is 3.60. The molecule has 0 amide bonds. The Hall–Kier alpha value is -0.320. The zero-order chi connectivity index (χ0) is 6.91. The van der Waals surface area contributed by atoms with Gasteiger partial charge in [0.25, 0.3) is 0 Å². The van der Waals surface area contributed by atoms with Gasteiger partial charge in [-0.25, -0.2) is 8.42 Å². The SMILES string of the molecule is Cl.NCC1=CC=CS1(=O)=O. The Morgan fingerprint density at radius 2 is 2.10 bits per heavy atom. The highest BCUT2D eigenvalue weighted by molar-refractivity contribution is 7.98. The first kappa shape index (κ1) is 9.68. The Labute approximate surface area is 65.9 Å². The van der Waals surface area contributed by atoms with Crippen LogP contribution < -0.4 is 5.73 Å². The fourth-order valence-corrected chi connectivity index (χ4v) is 1.58. The molecule has 0 saturated carbocycles. The fourth-order valence-electron chi connectivity index (χ4n) is 0.616. The number of rotatable bonds is 1. The minimum Gasteiger partial charge on any atom is -0.326 e. The zero-order valence-electron chi connectivity index (χ0n) is 5.15. The summed E-state index contributed by atoms with van der Waals surface area (Å²) in [7, 11) is -3.08. The van der Waals surface area contributed by atoms with Crippen molar-refractivity contribution in [1.82, 2.24) is 0 Å². The number of hydrogen-bond donors (Lipinski definition) is 1. The van der Waals surface area contributed by atoms with Crippen LogP contribution in [0.5, 0.6) is 0 Å². The van der Waals surface area contributed by atoms with E-state index in [1.165, 1.54) is 12.2 Å². The predicted molar refractivity (Wildman–Crippen MR) is 42.4 cm³/mol. The van der Waals surface area contributed by atoms with Gasteiger partial charge >= 0.3 is 0 Å². The van der Waals surface area contributed by atoms with Gasteiger partial charge in [0.1, 0.15) is 0 Å². The normalized spacial score (nSPS) is 19.9. The van der Waals surface area contributed by atoms with Crippen LogP contribution >= 0.6 is 12.4 Å². The molecule has 0 fully saturated rings. The van der Waals surface area contributed by atoms with Crippen LogP contribution in [-0.4, -0.2) is 15.0 Å². The molecule has 0 aromatic rings. The minimum atomic E-state index is -3.08. The first-order valence-electron chi connectivity index (χ1n) is 2.49. The van der Waals surface area contributed by atoms with Crippen molar-refractivity contribution in [3.05, 3.63) is 22.5 Å². The van der Waals surface area contributed by atoms with E-state index in [9.17, 15) is 8.42 Å². The van der Waals surface area contributed by atoms with E-state index in [-0.39, 0.29) is 19.0 Å². The summed E-state index contributed by atoms with van der Waals surface area (Å²) in [5.74, 6) is 0. The lowest BCUT2D eigenvalue weighted by Gasteiger charge is -1.93. The highest BCUT2D eigenvalue weighted by Gasteiger charge is 2.14. The van der Waals surface area contributed by atoms with Gasteiger partial charge in [-0.2, -0.15) is 0 Å². The Balaban J connectivity index is 0.000000810. The number of nitrogens with two attached hydrogens (primary N) is 1. The molecule has 0 bridgehead atoms. The van der Waals surface area contributed by atoms with Crippen molar-refractivity contribution < 1.29 is 8.42 Å². The van der Waals surface area contributed by atoms with Crippen LogP contribution in [0.3, 0.4) is 0 Å². The lowest BCUT2D eigenvalue weighted by molar-refractivity contribution is 0.610. The molecule has 2 N–H and O–H groups in total. The summed E-state index contributed by atoms with van der Waals surface area (Å²) in [6, 6.07) is 0. The fraction of sp³-hybridized carbons (Fsp3) is 0.200. The lowest BCUT2D eigenvalue weighted by atomic mass is 10.5. The Bertz CT molecular complexity index is 265. The van der Waals surface area contributed by atoms with Crippen molar-refractivity contribution >= 4 is 22.2 Å². The van der Waals surface area contributed by atoms with E-state index in [1.54, 1.807) is 0 Å². The van der Waals surface area contributed by atoms with Crippen LogP contribution in [0.2, 0.25) is 0 Å². The van der Waals surface area contributed by atoms with E-state index < -0.39 is 9.84 Å². The second-order valence-electron chi connectivity index (χ2n) is 1.71. The minimum absolute atomic E-state index is 0. The maximum Gasteiger partial charge on any atom is 0.197 e. The van der Waals surface area contributed by atoms with E-state index >= 15 is 0 Å². The quantitative estimate of drug-likeness (QED) is 0.629. The molecular weight excluding hydrogens is 174 g/mol. The molecule has 58 valence electrons. The first-order valence-corrected chi connectivity index (χ1v) is 4.04. The third-order valence-corrected chi connectivity index (χ3v) is 2.66. The summed E-state index contributed by atoms with van der Waals surface area (Å²) in [5.41, 5.74) is 5.12. The standard InChI is InChI=1S/C5H7NO2S.ClH/c6-4-5-2-1-3-9(5,7)8;/h1-3H,4,6H2;1H. The van der Waals surface area contributed by atoms with Gasteiger partial charge in [-0.05, 0) is 12.2 Å². The van der Waals surface area contributed by atoms with Crippen molar-refractivity contribution in [3.8, 4) is 0 Å². The van der Waals surface area contributed by atoms with Crippen LogP contribution in [-0.2, 0) is 9.84 Å². The van der Waals surface area contributed by atoms with Crippen molar-refractivity contribution in [3.63, 3.8) is 0 Å². The summed E-state index contributed by atoms with van der Waals surface area (Å²) in [4.78, 5) is 0.294. The van der Waals surface area contributed by atoms with E-state index in [0.717, 1.165) is 5.41 Å². The molecule has 1 aliphatic heterocycles. The third-order valence-electron chi connectivity index (χ3n) is 1.11. The summed E-state index contributed by atoms with van der Waals surface area (Å²) in [6.07, 6.45) is 2.99.